The average molecular weight is 238 g/mol. The number of nitrogens with two attached hydrogens (primary N) is 2. The molecule has 0 spiro atoms. The molecular formula is C11H14N2O4. The Morgan fingerprint density at radius 1 is 1.35 bits per heavy atom. The Kier molecular flexibility index (Phi) is 3.92. The summed E-state index contributed by atoms with van der Waals surface area (Å²) in [4.78, 5) is 22.5. The lowest BCUT2D eigenvalue weighted by molar-refractivity contribution is -0.125. The minimum atomic E-state index is -1.01. The summed E-state index contributed by atoms with van der Waals surface area (Å²) in [5, 5.41) is 0. The maximum absolute atomic E-state index is 11.7. The summed E-state index contributed by atoms with van der Waals surface area (Å²) in [6.07, 6.45) is -1.01. The van der Waals surface area contributed by atoms with Crippen LogP contribution in [0, 0.1) is 0 Å². The third-order valence-electron chi connectivity index (χ3n) is 2.15. The predicted octanol–water partition coefficient (Wildman–Crippen LogP) is 0.308. The molecule has 0 aromatic heterocycles. The molecule has 1 aromatic carbocycles. The molecule has 6 nitrogen and oxygen atoms in total. The van der Waals surface area contributed by atoms with E-state index in [0.29, 0.717) is 5.69 Å². The summed E-state index contributed by atoms with van der Waals surface area (Å²) in [6, 6.07) is 4.67. The minimum Gasteiger partial charge on any atom is -0.494 e. The fraction of sp³-hybridized carbons (Fsp3) is 0.273. The van der Waals surface area contributed by atoms with Crippen LogP contribution in [0.4, 0.5) is 5.69 Å². The lowest BCUT2D eigenvalue weighted by Gasteiger charge is -2.13. The molecule has 6 heteroatoms. The highest BCUT2D eigenvalue weighted by Gasteiger charge is 2.20. The summed E-state index contributed by atoms with van der Waals surface area (Å²) < 4.78 is 9.84. The molecule has 0 heterocycles. The number of amides is 1. The molecule has 0 radical (unpaired) electrons. The van der Waals surface area contributed by atoms with Crippen molar-refractivity contribution in [2.24, 2.45) is 5.73 Å². The Balaban J connectivity index is 2.97. The standard InChI is InChI=1S/C11H14N2O4/c1-6(10(13)14)17-11(15)7-4-3-5-8(12)9(7)16-2/h3-6H,12H2,1-2H3,(H2,13,14). The average Bonchev–Trinajstić information content (AvgIpc) is 2.28. The molecule has 0 aliphatic carbocycles. The highest BCUT2D eigenvalue weighted by Crippen LogP contribution is 2.26. The van der Waals surface area contributed by atoms with Crippen molar-refractivity contribution in [1.29, 1.82) is 0 Å². The van der Waals surface area contributed by atoms with Gasteiger partial charge in [0, 0.05) is 0 Å². The van der Waals surface area contributed by atoms with Crippen LogP contribution in [0.5, 0.6) is 5.75 Å². The van der Waals surface area contributed by atoms with Crippen molar-refractivity contribution < 1.29 is 19.1 Å². The van der Waals surface area contributed by atoms with Gasteiger partial charge in [-0.05, 0) is 19.1 Å². The number of benzene rings is 1. The van der Waals surface area contributed by atoms with Crippen LogP contribution in [-0.4, -0.2) is 25.1 Å². The van der Waals surface area contributed by atoms with Gasteiger partial charge in [-0.25, -0.2) is 4.79 Å². The normalized spacial score (nSPS) is 11.6. The van der Waals surface area contributed by atoms with Crippen molar-refractivity contribution in [2.45, 2.75) is 13.0 Å². The Bertz CT molecular complexity index is 445. The first kappa shape index (κ1) is 12.8. The van der Waals surface area contributed by atoms with Gasteiger partial charge >= 0.3 is 5.97 Å². The van der Waals surface area contributed by atoms with Crippen molar-refractivity contribution in [3.05, 3.63) is 23.8 Å². The van der Waals surface area contributed by atoms with Gasteiger partial charge < -0.3 is 20.9 Å². The molecule has 0 saturated carbocycles. The molecule has 0 fully saturated rings. The van der Waals surface area contributed by atoms with E-state index >= 15 is 0 Å². The van der Waals surface area contributed by atoms with Crippen molar-refractivity contribution in [2.75, 3.05) is 12.8 Å². The number of rotatable bonds is 4. The van der Waals surface area contributed by atoms with Crippen molar-refractivity contribution >= 4 is 17.6 Å². The summed E-state index contributed by atoms with van der Waals surface area (Å²) in [6.45, 7) is 1.39. The molecule has 0 aliphatic heterocycles. The van der Waals surface area contributed by atoms with Crippen LogP contribution in [0.15, 0.2) is 18.2 Å². The first-order chi connectivity index (χ1) is 7.97. The lowest BCUT2D eigenvalue weighted by Crippen LogP contribution is -2.30. The number of anilines is 1. The lowest BCUT2D eigenvalue weighted by atomic mass is 10.1. The van der Waals surface area contributed by atoms with Crippen LogP contribution < -0.4 is 16.2 Å². The highest BCUT2D eigenvalue weighted by atomic mass is 16.5. The number of carbonyl (C=O) groups excluding carboxylic acids is 2. The zero-order valence-corrected chi connectivity index (χ0v) is 9.60. The van der Waals surface area contributed by atoms with Crippen molar-refractivity contribution in [3.8, 4) is 5.75 Å². The van der Waals surface area contributed by atoms with Gasteiger partial charge in [-0.2, -0.15) is 0 Å². The Hall–Kier alpha value is -2.24. The fourth-order valence-electron chi connectivity index (χ4n) is 1.23. The quantitative estimate of drug-likeness (QED) is 0.580. The van der Waals surface area contributed by atoms with Crippen LogP contribution in [0.3, 0.4) is 0 Å². The Morgan fingerprint density at radius 3 is 2.53 bits per heavy atom. The molecule has 1 amide bonds. The number of esters is 1. The van der Waals surface area contributed by atoms with E-state index in [4.69, 9.17) is 20.9 Å². The van der Waals surface area contributed by atoms with Gasteiger partial charge in [0.2, 0.25) is 0 Å². The molecule has 1 atom stereocenters. The summed E-state index contributed by atoms with van der Waals surface area (Å²) in [5.41, 5.74) is 11.1. The Labute approximate surface area is 98.5 Å². The van der Waals surface area contributed by atoms with E-state index in [1.54, 1.807) is 12.1 Å². The maximum atomic E-state index is 11.7. The molecule has 4 N–H and O–H groups in total. The van der Waals surface area contributed by atoms with Crippen LogP contribution in [-0.2, 0) is 9.53 Å². The number of primary amides is 1. The first-order valence-corrected chi connectivity index (χ1v) is 4.90. The molecule has 17 heavy (non-hydrogen) atoms. The number of methoxy groups -OCH3 is 1. The zero-order chi connectivity index (χ0) is 13.0. The number of nitrogen functional groups attached to an aromatic ring is 1. The van der Waals surface area contributed by atoms with E-state index in [1.165, 1.54) is 20.1 Å². The van der Waals surface area contributed by atoms with E-state index < -0.39 is 18.0 Å². The van der Waals surface area contributed by atoms with Crippen LogP contribution >= 0.6 is 0 Å². The van der Waals surface area contributed by atoms with E-state index in [0.717, 1.165) is 0 Å². The number of ether oxygens (including phenoxy) is 2. The van der Waals surface area contributed by atoms with E-state index in [1.807, 2.05) is 0 Å². The summed E-state index contributed by atoms with van der Waals surface area (Å²) in [5.74, 6) is -1.21. The van der Waals surface area contributed by atoms with Gasteiger partial charge in [0.05, 0.1) is 12.8 Å². The third-order valence-corrected chi connectivity index (χ3v) is 2.15. The van der Waals surface area contributed by atoms with Gasteiger partial charge in [-0.15, -0.1) is 0 Å². The Morgan fingerprint density at radius 2 is 2.00 bits per heavy atom. The van der Waals surface area contributed by atoms with Crippen LogP contribution in [0.1, 0.15) is 17.3 Å². The highest BCUT2D eigenvalue weighted by molar-refractivity contribution is 5.96. The largest absolute Gasteiger partial charge is 0.494 e. The predicted molar refractivity (Wildman–Crippen MR) is 61.5 cm³/mol. The van der Waals surface area contributed by atoms with Crippen LogP contribution in [0.2, 0.25) is 0 Å². The smallest absolute Gasteiger partial charge is 0.342 e. The second-order valence-electron chi connectivity index (χ2n) is 3.38. The molecule has 1 unspecified atom stereocenters. The second kappa shape index (κ2) is 5.20. The van der Waals surface area contributed by atoms with Crippen LogP contribution in [0.25, 0.3) is 0 Å². The summed E-state index contributed by atoms with van der Waals surface area (Å²) in [7, 11) is 1.39. The number of hydrogen-bond acceptors (Lipinski definition) is 5. The van der Waals surface area contributed by atoms with E-state index in [2.05, 4.69) is 0 Å². The zero-order valence-electron chi connectivity index (χ0n) is 9.60. The molecule has 1 aromatic rings. The van der Waals surface area contributed by atoms with Gasteiger partial charge in [-0.1, -0.05) is 6.07 Å². The van der Waals surface area contributed by atoms with Crippen molar-refractivity contribution in [3.63, 3.8) is 0 Å². The third kappa shape index (κ3) is 2.87. The maximum Gasteiger partial charge on any atom is 0.342 e. The number of carbonyl (C=O) groups is 2. The fourth-order valence-corrected chi connectivity index (χ4v) is 1.23. The van der Waals surface area contributed by atoms with Gasteiger partial charge in [0.25, 0.3) is 5.91 Å². The monoisotopic (exact) mass is 238 g/mol. The SMILES string of the molecule is COc1c(N)cccc1C(=O)OC(C)C(N)=O. The van der Waals surface area contributed by atoms with Gasteiger partial charge in [-0.3, -0.25) is 4.79 Å². The molecule has 0 aliphatic rings. The van der Waals surface area contributed by atoms with Gasteiger partial charge in [0.15, 0.2) is 11.9 Å². The number of para-hydroxylation sites is 1. The molecule has 0 saturated heterocycles. The van der Waals surface area contributed by atoms with E-state index in [9.17, 15) is 9.59 Å². The molecule has 92 valence electrons. The first-order valence-electron chi connectivity index (χ1n) is 4.90. The number of hydrogen-bond donors (Lipinski definition) is 2. The topological polar surface area (TPSA) is 105 Å². The van der Waals surface area contributed by atoms with Crippen molar-refractivity contribution in [1.82, 2.24) is 0 Å². The molecule has 1 rings (SSSR count). The van der Waals surface area contributed by atoms with Gasteiger partial charge in [0.1, 0.15) is 5.56 Å². The minimum absolute atomic E-state index is 0.153. The molecule has 0 bridgehead atoms. The van der Waals surface area contributed by atoms with E-state index in [-0.39, 0.29) is 11.3 Å². The second-order valence-corrected chi connectivity index (χ2v) is 3.38. The summed E-state index contributed by atoms with van der Waals surface area (Å²) >= 11 is 0. The molecular weight excluding hydrogens is 224 g/mol.